The third-order valence-corrected chi connectivity index (χ3v) is 2.37. The number of rotatable bonds is 4. The first-order valence-corrected chi connectivity index (χ1v) is 5.25. The highest BCUT2D eigenvalue weighted by molar-refractivity contribution is 5.94. The van der Waals surface area contributed by atoms with Crippen LogP contribution in [0.2, 0.25) is 0 Å². The molecule has 0 aliphatic heterocycles. The maximum absolute atomic E-state index is 13.4. The zero-order valence-electron chi connectivity index (χ0n) is 9.61. The molecule has 8 heteroatoms. The van der Waals surface area contributed by atoms with E-state index in [9.17, 15) is 13.6 Å². The minimum absolute atomic E-state index is 0.0927. The summed E-state index contributed by atoms with van der Waals surface area (Å²) in [4.78, 5) is 11.7. The topological polar surface area (TPSA) is 93.2 Å². The van der Waals surface area contributed by atoms with Crippen LogP contribution in [0.4, 0.5) is 14.5 Å². The maximum atomic E-state index is 13.4. The first-order chi connectivity index (χ1) is 9.11. The molecule has 0 bridgehead atoms. The minimum atomic E-state index is -0.950. The van der Waals surface area contributed by atoms with Crippen LogP contribution < -0.4 is 16.6 Å². The Morgan fingerprint density at radius 3 is 2.58 bits per heavy atom. The van der Waals surface area contributed by atoms with Gasteiger partial charge in [-0.25, -0.2) is 8.78 Å². The van der Waals surface area contributed by atoms with Gasteiger partial charge in [0, 0.05) is 11.6 Å². The number of hydrazine groups is 1. The SMILES string of the molecule is NNc1c(F)cc(C(=O)NCc2ccon2)cc1F. The summed E-state index contributed by atoms with van der Waals surface area (Å²) in [5.74, 6) is 2.42. The third-order valence-electron chi connectivity index (χ3n) is 2.37. The molecule has 0 aliphatic rings. The number of halogens is 2. The van der Waals surface area contributed by atoms with E-state index in [2.05, 4.69) is 15.0 Å². The van der Waals surface area contributed by atoms with Crippen LogP contribution in [0.3, 0.4) is 0 Å². The normalized spacial score (nSPS) is 10.3. The quantitative estimate of drug-likeness (QED) is 0.571. The molecule has 2 rings (SSSR count). The van der Waals surface area contributed by atoms with Crippen LogP contribution in [0.5, 0.6) is 0 Å². The first-order valence-electron chi connectivity index (χ1n) is 5.25. The Hall–Kier alpha value is -2.48. The van der Waals surface area contributed by atoms with E-state index in [0.29, 0.717) is 5.69 Å². The fourth-order valence-corrected chi connectivity index (χ4v) is 1.44. The standard InChI is InChI=1S/C11H10F2N4O2/c12-8-3-6(4-9(13)10(8)16-14)11(18)15-5-7-1-2-19-17-7/h1-4,16H,5,14H2,(H,15,18). The van der Waals surface area contributed by atoms with E-state index in [1.165, 1.54) is 6.26 Å². The largest absolute Gasteiger partial charge is 0.364 e. The van der Waals surface area contributed by atoms with Gasteiger partial charge < -0.3 is 15.3 Å². The second-order valence-electron chi connectivity index (χ2n) is 3.63. The van der Waals surface area contributed by atoms with Crippen LogP contribution in [0, 0.1) is 11.6 Å². The lowest BCUT2D eigenvalue weighted by Crippen LogP contribution is -2.23. The Balaban J connectivity index is 2.11. The van der Waals surface area contributed by atoms with Gasteiger partial charge in [0.25, 0.3) is 5.91 Å². The minimum Gasteiger partial charge on any atom is -0.364 e. The van der Waals surface area contributed by atoms with E-state index in [-0.39, 0.29) is 12.1 Å². The number of hydrogen-bond donors (Lipinski definition) is 3. The fraction of sp³-hybridized carbons (Fsp3) is 0.0909. The number of nitrogen functional groups attached to an aromatic ring is 1. The Bertz CT molecular complexity index is 563. The molecule has 0 radical (unpaired) electrons. The molecule has 0 saturated carbocycles. The fourth-order valence-electron chi connectivity index (χ4n) is 1.44. The molecule has 0 spiro atoms. The van der Waals surface area contributed by atoms with Gasteiger partial charge in [0.2, 0.25) is 0 Å². The third kappa shape index (κ3) is 2.86. The smallest absolute Gasteiger partial charge is 0.251 e. The summed E-state index contributed by atoms with van der Waals surface area (Å²) in [6, 6.07) is 3.33. The molecular weight excluding hydrogens is 258 g/mol. The maximum Gasteiger partial charge on any atom is 0.251 e. The van der Waals surface area contributed by atoms with E-state index in [1.807, 2.05) is 5.43 Å². The highest BCUT2D eigenvalue weighted by Gasteiger charge is 2.14. The number of nitrogens with one attached hydrogen (secondary N) is 2. The van der Waals surface area contributed by atoms with Gasteiger partial charge in [-0.1, -0.05) is 5.16 Å². The molecule has 6 nitrogen and oxygen atoms in total. The molecule has 100 valence electrons. The molecule has 19 heavy (non-hydrogen) atoms. The summed E-state index contributed by atoms with van der Waals surface area (Å²) in [6.45, 7) is 0.0927. The van der Waals surface area contributed by atoms with Crippen LogP contribution in [-0.2, 0) is 6.54 Å². The molecule has 0 aliphatic carbocycles. The highest BCUT2D eigenvalue weighted by atomic mass is 19.1. The predicted octanol–water partition coefficient (Wildman–Crippen LogP) is 1.17. The summed E-state index contributed by atoms with van der Waals surface area (Å²) < 4.78 is 31.4. The Morgan fingerprint density at radius 2 is 2.05 bits per heavy atom. The van der Waals surface area contributed by atoms with Gasteiger partial charge in [-0.05, 0) is 12.1 Å². The van der Waals surface area contributed by atoms with Crippen molar-refractivity contribution < 1.29 is 18.1 Å². The summed E-state index contributed by atoms with van der Waals surface area (Å²) >= 11 is 0. The van der Waals surface area contributed by atoms with Crippen molar-refractivity contribution in [3.8, 4) is 0 Å². The molecule has 0 atom stereocenters. The van der Waals surface area contributed by atoms with Crippen LogP contribution in [0.15, 0.2) is 29.0 Å². The number of nitrogens with two attached hydrogens (primary N) is 1. The number of carbonyl (C=O) groups is 1. The second kappa shape index (κ2) is 5.44. The van der Waals surface area contributed by atoms with Crippen LogP contribution in [0.1, 0.15) is 16.1 Å². The number of hydrogen-bond acceptors (Lipinski definition) is 5. The van der Waals surface area contributed by atoms with Gasteiger partial charge in [0.1, 0.15) is 17.6 Å². The summed E-state index contributed by atoms with van der Waals surface area (Å²) in [6.07, 6.45) is 1.35. The molecule has 1 aromatic carbocycles. The van der Waals surface area contributed by atoms with Crippen molar-refractivity contribution >= 4 is 11.6 Å². The summed E-state index contributed by atoms with van der Waals surface area (Å²) in [7, 11) is 0. The molecular formula is C11H10F2N4O2. The molecule has 0 unspecified atom stereocenters. The van der Waals surface area contributed by atoms with Gasteiger partial charge in [0.15, 0.2) is 11.6 Å². The van der Waals surface area contributed by atoms with Crippen molar-refractivity contribution in [1.29, 1.82) is 0 Å². The summed E-state index contributed by atoms with van der Waals surface area (Å²) in [5.41, 5.74) is 1.73. The number of carbonyl (C=O) groups excluding carboxylic acids is 1. The zero-order valence-corrected chi connectivity index (χ0v) is 9.61. The van der Waals surface area contributed by atoms with Gasteiger partial charge in [0.05, 0.1) is 6.54 Å². The van der Waals surface area contributed by atoms with Crippen LogP contribution in [0.25, 0.3) is 0 Å². The van der Waals surface area contributed by atoms with E-state index in [0.717, 1.165) is 12.1 Å². The molecule has 0 saturated heterocycles. The van der Waals surface area contributed by atoms with Crippen molar-refractivity contribution in [1.82, 2.24) is 10.5 Å². The Labute approximate surface area is 106 Å². The Kier molecular flexibility index (Phi) is 3.71. The molecule has 1 heterocycles. The first kappa shape index (κ1) is 13.0. The van der Waals surface area contributed by atoms with Gasteiger partial charge in [-0.15, -0.1) is 0 Å². The average Bonchev–Trinajstić information content (AvgIpc) is 2.88. The van der Waals surface area contributed by atoms with E-state index in [1.54, 1.807) is 6.07 Å². The number of amides is 1. The van der Waals surface area contributed by atoms with Crippen LogP contribution in [-0.4, -0.2) is 11.1 Å². The van der Waals surface area contributed by atoms with Crippen molar-refractivity contribution in [3.05, 3.63) is 47.4 Å². The monoisotopic (exact) mass is 268 g/mol. The summed E-state index contributed by atoms with van der Waals surface area (Å²) in [5, 5.41) is 6.03. The van der Waals surface area contributed by atoms with Crippen molar-refractivity contribution in [3.63, 3.8) is 0 Å². The van der Waals surface area contributed by atoms with Gasteiger partial charge >= 0.3 is 0 Å². The lowest BCUT2D eigenvalue weighted by molar-refractivity contribution is 0.0949. The lowest BCUT2D eigenvalue weighted by atomic mass is 10.1. The van der Waals surface area contributed by atoms with Crippen molar-refractivity contribution in [2.75, 3.05) is 5.43 Å². The van der Waals surface area contributed by atoms with Gasteiger partial charge in [-0.2, -0.15) is 0 Å². The number of anilines is 1. The van der Waals surface area contributed by atoms with Crippen molar-refractivity contribution in [2.24, 2.45) is 5.84 Å². The zero-order chi connectivity index (χ0) is 13.8. The van der Waals surface area contributed by atoms with Crippen LogP contribution >= 0.6 is 0 Å². The number of nitrogens with zero attached hydrogens (tertiary/aromatic N) is 1. The average molecular weight is 268 g/mol. The molecule has 2 aromatic rings. The Morgan fingerprint density at radius 1 is 1.37 bits per heavy atom. The highest BCUT2D eigenvalue weighted by Crippen LogP contribution is 2.19. The van der Waals surface area contributed by atoms with E-state index >= 15 is 0 Å². The molecule has 0 fully saturated rings. The molecule has 4 N–H and O–H groups in total. The lowest BCUT2D eigenvalue weighted by Gasteiger charge is -2.07. The number of benzene rings is 1. The second-order valence-corrected chi connectivity index (χ2v) is 3.63. The van der Waals surface area contributed by atoms with E-state index < -0.39 is 23.2 Å². The molecule has 1 aromatic heterocycles. The van der Waals surface area contributed by atoms with Gasteiger partial charge in [-0.3, -0.25) is 10.6 Å². The predicted molar refractivity (Wildman–Crippen MR) is 61.8 cm³/mol. The number of aromatic nitrogens is 1. The molecule has 1 amide bonds. The van der Waals surface area contributed by atoms with E-state index in [4.69, 9.17) is 5.84 Å². The van der Waals surface area contributed by atoms with Crippen molar-refractivity contribution in [2.45, 2.75) is 6.54 Å².